The van der Waals surface area contributed by atoms with E-state index >= 15 is 0 Å². The topological polar surface area (TPSA) is 15.6 Å². The predicted molar refractivity (Wildman–Crippen MR) is 57.8 cm³/mol. The van der Waals surface area contributed by atoms with Crippen molar-refractivity contribution in [3.8, 4) is 0 Å². The molecular formula is C11H22N2. The summed E-state index contributed by atoms with van der Waals surface area (Å²) in [6.45, 7) is 9.12. The summed E-state index contributed by atoms with van der Waals surface area (Å²) < 4.78 is 0. The van der Waals surface area contributed by atoms with E-state index in [0.29, 0.717) is 17.9 Å². The molecule has 0 amide bonds. The lowest BCUT2D eigenvalue weighted by molar-refractivity contribution is 0.191. The summed E-state index contributed by atoms with van der Waals surface area (Å²) in [5.41, 5.74) is 0. The van der Waals surface area contributed by atoms with Crippen LogP contribution in [-0.4, -0.2) is 24.3 Å². The van der Waals surface area contributed by atoms with Crippen molar-refractivity contribution in [2.45, 2.75) is 40.2 Å². The van der Waals surface area contributed by atoms with Gasteiger partial charge in [-0.15, -0.1) is 0 Å². The highest BCUT2D eigenvalue weighted by atomic mass is 15.5. The van der Waals surface area contributed by atoms with E-state index in [1.165, 1.54) is 6.42 Å². The molecule has 1 aliphatic rings. The van der Waals surface area contributed by atoms with E-state index in [0.717, 1.165) is 5.92 Å². The summed E-state index contributed by atoms with van der Waals surface area (Å²) in [6, 6.07) is 0.625. The zero-order valence-corrected chi connectivity index (χ0v) is 9.49. The maximum Gasteiger partial charge on any atom is 0.0550 e. The zero-order chi connectivity index (χ0) is 10.0. The fraction of sp³-hybridized carbons (Fsp3) is 0.909. The Kier molecular flexibility index (Phi) is 3.34. The van der Waals surface area contributed by atoms with Crippen LogP contribution in [0.3, 0.4) is 0 Å². The van der Waals surface area contributed by atoms with E-state index in [1.54, 1.807) is 0 Å². The van der Waals surface area contributed by atoms with Gasteiger partial charge in [-0.3, -0.25) is 5.01 Å². The van der Waals surface area contributed by atoms with Gasteiger partial charge in [-0.1, -0.05) is 27.7 Å². The normalized spacial score (nSPS) is 28.1. The van der Waals surface area contributed by atoms with Gasteiger partial charge in [0.25, 0.3) is 0 Å². The summed E-state index contributed by atoms with van der Waals surface area (Å²) in [4.78, 5) is 0. The Morgan fingerprint density at radius 2 is 1.92 bits per heavy atom. The van der Waals surface area contributed by atoms with E-state index in [9.17, 15) is 0 Å². The molecule has 13 heavy (non-hydrogen) atoms. The SMILES string of the molecule is CC(C)C[C@H]1[C@H](C(C)C)C=NN1C. The Morgan fingerprint density at radius 1 is 1.31 bits per heavy atom. The summed E-state index contributed by atoms with van der Waals surface area (Å²) in [7, 11) is 2.09. The minimum Gasteiger partial charge on any atom is -0.297 e. The molecule has 0 spiro atoms. The van der Waals surface area contributed by atoms with Crippen molar-refractivity contribution in [3.05, 3.63) is 0 Å². The van der Waals surface area contributed by atoms with Crippen LogP contribution in [0.4, 0.5) is 0 Å². The quantitative estimate of drug-likeness (QED) is 0.655. The van der Waals surface area contributed by atoms with Crippen molar-refractivity contribution in [1.82, 2.24) is 5.01 Å². The maximum absolute atomic E-state index is 4.38. The molecule has 2 heteroatoms. The largest absolute Gasteiger partial charge is 0.297 e. The first-order chi connectivity index (χ1) is 6.02. The number of nitrogens with zero attached hydrogens (tertiary/aromatic N) is 2. The van der Waals surface area contributed by atoms with Gasteiger partial charge in [0.1, 0.15) is 0 Å². The van der Waals surface area contributed by atoms with Gasteiger partial charge in [0, 0.05) is 19.2 Å². The summed E-state index contributed by atoms with van der Waals surface area (Å²) in [5, 5.41) is 6.51. The van der Waals surface area contributed by atoms with Crippen LogP contribution < -0.4 is 0 Å². The van der Waals surface area contributed by atoms with E-state index in [-0.39, 0.29) is 0 Å². The molecule has 1 heterocycles. The highest BCUT2D eigenvalue weighted by molar-refractivity contribution is 5.63. The first-order valence-corrected chi connectivity index (χ1v) is 5.29. The third-order valence-corrected chi connectivity index (χ3v) is 2.83. The Hall–Kier alpha value is -0.530. The Morgan fingerprint density at radius 3 is 2.38 bits per heavy atom. The molecule has 0 saturated heterocycles. The van der Waals surface area contributed by atoms with Gasteiger partial charge in [-0.25, -0.2) is 0 Å². The van der Waals surface area contributed by atoms with E-state index in [1.807, 2.05) is 0 Å². The number of hydrazone groups is 1. The zero-order valence-electron chi connectivity index (χ0n) is 9.49. The molecule has 0 fully saturated rings. The molecule has 0 aromatic carbocycles. The fourth-order valence-electron chi connectivity index (χ4n) is 2.03. The third-order valence-electron chi connectivity index (χ3n) is 2.83. The van der Waals surface area contributed by atoms with Gasteiger partial charge in [0.05, 0.1) is 6.04 Å². The standard InChI is InChI=1S/C11H22N2/c1-8(2)6-11-10(9(3)4)7-12-13(11)5/h7-11H,6H2,1-5H3/t10-,11-/m0/s1. The van der Waals surface area contributed by atoms with Crippen molar-refractivity contribution >= 4 is 6.21 Å². The molecule has 0 saturated carbocycles. The minimum atomic E-state index is 0.625. The van der Waals surface area contributed by atoms with Crippen LogP contribution in [0.5, 0.6) is 0 Å². The van der Waals surface area contributed by atoms with Gasteiger partial charge in [0.15, 0.2) is 0 Å². The highest BCUT2D eigenvalue weighted by Gasteiger charge is 2.30. The van der Waals surface area contributed by atoms with E-state index < -0.39 is 0 Å². The van der Waals surface area contributed by atoms with Crippen molar-refractivity contribution < 1.29 is 0 Å². The smallest absolute Gasteiger partial charge is 0.0550 e. The van der Waals surface area contributed by atoms with E-state index in [4.69, 9.17) is 0 Å². The molecule has 0 bridgehead atoms. The third kappa shape index (κ3) is 2.45. The van der Waals surface area contributed by atoms with Crippen molar-refractivity contribution in [2.75, 3.05) is 7.05 Å². The van der Waals surface area contributed by atoms with Gasteiger partial charge in [-0.2, -0.15) is 5.10 Å². The molecule has 1 aliphatic heterocycles. The number of rotatable bonds is 3. The van der Waals surface area contributed by atoms with Crippen molar-refractivity contribution in [2.24, 2.45) is 22.9 Å². The molecular weight excluding hydrogens is 160 g/mol. The average molecular weight is 182 g/mol. The molecule has 2 nitrogen and oxygen atoms in total. The molecule has 0 aromatic rings. The van der Waals surface area contributed by atoms with Crippen LogP contribution in [0.2, 0.25) is 0 Å². The summed E-state index contributed by atoms with van der Waals surface area (Å²) in [5.74, 6) is 2.11. The molecule has 2 atom stereocenters. The number of hydrogen-bond donors (Lipinski definition) is 0. The Bertz CT molecular complexity index is 185. The highest BCUT2D eigenvalue weighted by Crippen LogP contribution is 2.27. The molecule has 1 rings (SSSR count). The van der Waals surface area contributed by atoms with Gasteiger partial charge in [0.2, 0.25) is 0 Å². The first-order valence-electron chi connectivity index (χ1n) is 5.29. The summed E-state index contributed by atoms with van der Waals surface area (Å²) in [6.07, 6.45) is 3.37. The van der Waals surface area contributed by atoms with Gasteiger partial charge in [-0.05, 0) is 18.3 Å². The molecule has 0 N–H and O–H groups in total. The predicted octanol–water partition coefficient (Wildman–Crippen LogP) is 2.60. The lowest BCUT2D eigenvalue weighted by Gasteiger charge is -2.28. The fourth-order valence-corrected chi connectivity index (χ4v) is 2.03. The van der Waals surface area contributed by atoms with Crippen LogP contribution >= 0.6 is 0 Å². The van der Waals surface area contributed by atoms with Crippen LogP contribution in [-0.2, 0) is 0 Å². The average Bonchev–Trinajstić information content (AvgIpc) is 2.32. The Labute approximate surface area is 82.0 Å². The Balaban J connectivity index is 2.59. The van der Waals surface area contributed by atoms with E-state index in [2.05, 4.69) is 51.1 Å². The second-order valence-corrected chi connectivity index (χ2v) is 4.86. The lowest BCUT2D eigenvalue weighted by atomic mass is 9.86. The monoisotopic (exact) mass is 182 g/mol. The van der Waals surface area contributed by atoms with Crippen LogP contribution in [0.1, 0.15) is 34.1 Å². The van der Waals surface area contributed by atoms with Crippen LogP contribution in [0, 0.1) is 17.8 Å². The van der Waals surface area contributed by atoms with Crippen molar-refractivity contribution in [1.29, 1.82) is 0 Å². The second-order valence-electron chi connectivity index (χ2n) is 4.86. The lowest BCUT2D eigenvalue weighted by Crippen LogP contribution is -2.33. The molecule has 0 radical (unpaired) electrons. The van der Waals surface area contributed by atoms with Crippen LogP contribution in [0.25, 0.3) is 0 Å². The van der Waals surface area contributed by atoms with Crippen LogP contribution in [0.15, 0.2) is 5.10 Å². The molecule has 0 unspecified atom stereocenters. The maximum atomic E-state index is 4.38. The van der Waals surface area contributed by atoms with Gasteiger partial charge < -0.3 is 0 Å². The molecule has 0 aromatic heterocycles. The second kappa shape index (κ2) is 4.12. The van der Waals surface area contributed by atoms with Gasteiger partial charge >= 0.3 is 0 Å². The van der Waals surface area contributed by atoms with Crippen molar-refractivity contribution in [3.63, 3.8) is 0 Å². The molecule has 76 valence electrons. The minimum absolute atomic E-state index is 0.625. The first kappa shape index (κ1) is 10.6. The number of hydrogen-bond acceptors (Lipinski definition) is 2. The summed E-state index contributed by atoms with van der Waals surface area (Å²) >= 11 is 0. The molecule has 0 aliphatic carbocycles.